The van der Waals surface area contributed by atoms with E-state index in [1.54, 1.807) is 0 Å². The van der Waals surface area contributed by atoms with E-state index < -0.39 is 0 Å². The molecule has 1 saturated carbocycles. The van der Waals surface area contributed by atoms with Crippen molar-refractivity contribution in [3.8, 4) is 0 Å². The zero-order chi connectivity index (χ0) is 10.7. The van der Waals surface area contributed by atoms with Crippen LogP contribution in [0.3, 0.4) is 0 Å². The van der Waals surface area contributed by atoms with Gasteiger partial charge >= 0.3 is 0 Å². The number of hydrogen-bond acceptors (Lipinski definition) is 2. The molecule has 0 atom stereocenters. The quantitative estimate of drug-likeness (QED) is 0.798. The minimum atomic E-state index is 0.629. The Hall–Kier alpha value is -1.02. The molecule has 15 heavy (non-hydrogen) atoms. The van der Waals surface area contributed by atoms with Gasteiger partial charge < -0.3 is 10.6 Å². The van der Waals surface area contributed by atoms with E-state index in [1.807, 2.05) is 0 Å². The maximum atomic E-state index is 5.73. The second kappa shape index (κ2) is 4.67. The van der Waals surface area contributed by atoms with Crippen LogP contribution in [-0.4, -0.2) is 13.6 Å². The number of nitrogens with zero attached hydrogens (tertiary/aromatic N) is 1. The number of benzene rings is 1. The first-order chi connectivity index (χ1) is 7.31. The Bertz CT molecular complexity index is 318. The van der Waals surface area contributed by atoms with E-state index in [0.717, 1.165) is 12.5 Å². The summed E-state index contributed by atoms with van der Waals surface area (Å²) >= 11 is 0. The molecule has 82 valence electrons. The summed E-state index contributed by atoms with van der Waals surface area (Å²) in [6, 6.07) is 8.42. The number of rotatable bonds is 5. The third kappa shape index (κ3) is 2.72. The molecule has 0 heterocycles. The molecule has 1 fully saturated rings. The minimum absolute atomic E-state index is 0.629. The second-order valence-electron chi connectivity index (χ2n) is 4.49. The van der Waals surface area contributed by atoms with Gasteiger partial charge in [0.15, 0.2) is 0 Å². The fourth-order valence-electron chi connectivity index (χ4n) is 1.96. The highest BCUT2D eigenvalue weighted by Gasteiger charge is 2.21. The maximum Gasteiger partial charge on any atom is 0.0409 e. The van der Waals surface area contributed by atoms with Crippen LogP contribution in [0.25, 0.3) is 0 Å². The Morgan fingerprint density at radius 3 is 2.73 bits per heavy atom. The molecule has 0 bridgehead atoms. The zero-order valence-electron chi connectivity index (χ0n) is 9.45. The Morgan fingerprint density at radius 2 is 2.07 bits per heavy atom. The zero-order valence-corrected chi connectivity index (χ0v) is 9.45. The maximum absolute atomic E-state index is 5.73. The molecule has 0 radical (unpaired) electrons. The molecule has 1 aromatic rings. The van der Waals surface area contributed by atoms with Crippen molar-refractivity contribution in [2.45, 2.75) is 25.8 Å². The lowest BCUT2D eigenvalue weighted by Gasteiger charge is -2.21. The fraction of sp³-hybridized carbons (Fsp3) is 0.538. The van der Waals surface area contributed by atoms with Crippen LogP contribution in [0.2, 0.25) is 0 Å². The molecule has 0 unspecified atom stereocenters. The number of hydrogen-bond donors (Lipinski definition) is 1. The summed E-state index contributed by atoms with van der Waals surface area (Å²) in [5.41, 5.74) is 8.27. The van der Waals surface area contributed by atoms with Crippen molar-refractivity contribution in [1.82, 2.24) is 0 Å². The van der Waals surface area contributed by atoms with Gasteiger partial charge in [-0.1, -0.05) is 31.0 Å². The Kier molecular flexibility index (Phi) is 3.27. The fourth-order valence-corrected chi connectivity index (χ4v) is 1.96. The lowest BCUT2D eigenvalue weighted by atomic mass is 10.1. The summed E-state index contributed by atoms with van der Waals surface area (Å²) in [4.78, 5) is 2.33. The first kappa shape index (κ1) is 10.5. The van der Waals surface area contributed by atoms with Crippen molar-refractivity contribution in [2.75, 3.05) is 18.5 Å². The molecule has 1 aromatic carbocycles. The van der Waals surface area contributed by atoms with E-state index in [4.69, 9.17) is 5.73 Å². The summed E-state index contributed by atoms with van der Waals surface area (Å²) in [5.74, 6) is 0.998. The van der Waals surface area contributed by atoms with Crippen molar-refractivity contribution in [2.24, 2.45) is 11.7 Å². The van der Waals surface area contributed by atoms with E-state index in [9.17, 15) is 0 Å². The smallest absolute Gasteiger partial charge is 0.0409 e. The van der Waals surface area contributed by atoms with Gasteiger partial charge in [0.25, 0.3) is 0 Å². The average Bonchev–Trinajstić information content (AvgIpc) is 3.09. The van der Waals surface area contributed by atoms with Crippen molar-refractivity contribution in [1.29, 1.82) is 0 Å². The van der Waals surface area contributed by atoms with E-state index in [1.165, 1.54) is 30.5 Å². The average molecular weight is 204 g/mol. The van der Waals surface area contributed by atoms with Crippen molar-refractivity contribution >= 4 is 5.69 Å². The highest BCUT2D eigenvalue weighted by molar-refractivity contribution is 5.52. The summed E-state index contributed by atoms with van der Waals surface area (Å²) in [5, 5.41) is 0. The van der Waals surface area contributed by atoms with E-state index in [0.29, 0.717) is 6.54 Å². The molecule has 2 rings (SSSR count). The van der Waals surface area contributed by atoms with Gasteiger partial charge in [0.2, 0.25) is 0 Å². The summed E-state index contributed by atoms with van der Waals surface area (Å²) in [6.07, 6.45) is 4.20. The van der Waals surface area contributed by atoms with Gasteiger partial charge in [-0.2, -0.15) is 0 Å². The molecular formula is C13H20N2. The Balaban J connectivity index is 1.98. The Labute approximate surface area is 92.1 Å². The number of para-hydroxylation sites is 1. The third-order valence-electron chi connectivity index (χ3n) is 3.19. The molecule has 0 spiro atoms. The molecule has 0 aromatic heterocycles. The van der Waals surface area contributed by atoms with Crippen LogP contribution >= 0.6 is 0 Å². The molecule has 0 aliphatic heterocycles. The lowest BCUT2D eigenvalue weighted by molar-refractivity contribution is 0.709. The first-order valence-corrected chi connectivity index (χ1v) is 5.80. The molecule has 1 aliphatic rings. The van der Waals surface area contributed by atoms with E-state index >= 15 is 0 Å². The molecule has 0 saturated heterocycles. The normalized spacial score (nSPS) is 15.3. The van der Waals surface area contributed by atoms with Crippen LogP contribution in [0.5, 0.6) is 0 Å². The summed E-state index contributed by atoms with van der Waals surface area (Å²) in [6.45, 7) is 1.78. The first-order valence-electron chi connectivity index (χ1n) is 5.80. The van der Waals surface area contributed by atoms with Gasteiger partial charge in [-0.25, -0.2) is 0 Å². The topological polar surface area (TPSA) is 29.3 Å². The van der Waals surface area contributed by atoms with Gasteiger partial charge in [-0.3, -0.25) is 0 Å². The molecule has 2 N–H and O–H groups in total. The second-order valence-corrected chi connectivity index (χ2v) is 4.49. The SMILES string of the molecule is CN(CCC1CC1)c1ccccc1CN. The van der Waals surface area contributed by atoms with Gasteiger partial charge in [-0.05, 0) is 24.0 Å². The highest BCUT2D eigenvalue weighted by atomic mass is 15.1. The molecule has 2 nitrogen and oxygen atoms in total. The predicted octanol–water partition coefficient (Wildman–Crippen LogP) is 2.38. The van der Waals surface area contributed by atoms with Crippen LogP contribution in [0, 0.1) is 5.92 Å². The monoisotopic (exact) mass is 204 g/mol. The van der Waals surface area contributed by atoms with Crippen molar-refractivity contribution in [3.63, 3.8) is 0 Å². The van der Waals surface area contributed by atoms with E-state index in [2.05, 4.69) is 36.2 Å². The number of nitrogens with two attached hydrogens (primary N) is 1. The van der Waals surface area contributed by atoms with E-state index in [-0.39, 0.29) is 0 Å². The van der Waals surface area contributed by atoms with Crippen molar-refractivity contribution in [3.05, 3.63) is 29.8 Å². The Morgan fingerprint density at radius 1 is 1.33 bits per heavy atom. The van der Waals surface area contributed by atoms with Gasteiger partial charge in [0, 0.05) is 25.8 Å². The molecule has 0 amide bonds. The third-order valence-corrected chi connectivity index (χ3v) is 3.19. The molecule has 2 heteroatoms. The number of anilines is 1. The predicted molar refractivity (Wildman–Crippen MR) is 64.9 cm³/mol. The van der Waals surface area contributed by atoms with Gasteiger partial charge in [-0.15, -0.1) is 0 Å². The lowest BCUT2D eigenvalue weighted by Crippen LogP contribution is -2.21. The van der Waals surface area contributed by atoms with Crippen LogP contribution in [0.1, 0.15) is 24.8 Å². The minimum Gasteiger partial charge on any atom is -0.374 e. The van der Waals surface area contributed by atoms with Gasteiger partial charge in [0.1, 0.15) is 0 Å². The van der Waals surface area contributed by atoms with Crippen LogP contribution in [-0.2, 0) is 6.54 Å². The van der Waals surface area contributed by atoms with Crippen LogP contribution in [0.4, 0.5) is 5.69 Å². The van der Waals surface area contributed by atoms with Crippen LogP contribution in [0.15, 0.2) is 24.3 Å². The van der Waals surface area contributed by atoms with Crippen molar-refractivity contribution < 1.29 is 0 Å². The highest BCUT2D eigenvalue weighted by Crippen LogP contribution is 2.33. The largest absolute Gasteiger partial charge is 0.374 e. The molecular weight excluding hydrogens is 184 g/mol. The summed E-state index contributed by atoms with van der Waals surface area (Å²) < 4.78 is 0. The van der Waals surface area contributed by atoms with Gasteiger partial charge in [0.05, 0.1) is 0 Å². The standard InChI is InChI=1S/C13H20N2/c1-15(9-8-11-6-7-11)13-5-3-2-4-12(13)10-14/h2-5,11H,6-10,14H2,1H3. The molecule has 1 aliphatic carbocycles. The summed E-state index contributed by atoms with van der Waals surface area (Å²) in [7, 11) is 2.16. The van der Waals surface area contributed by atoms with Crippen LogP contribution < -0.4 is 10.6 Å².